The molecule has 0 aliphatic carbocycles. The number of H-pyrrole nitrogens is 2. The fraction of sp³-hybridized carbons (Fsp3) is 0.115. The van der Waals surface area contributed by atoms with Gasteiger partial charge in [-0.1, -0.05) is 13.0 Å². The van der Waals surface area contributed by atoms with E-state index in [1.807, 2.05) is 61.3 Å². The number of carbonyl (C=O) groups excluding carboxylic acids is 1. The minimum atomic E-state index is -0.0616. The number of hydrogen-bond acceptors (Lipinski definition) is 5. The summed E-state index contributed by atoms with van der Waals surface area (Å²) >= 11 is 0. The molecule has 3 N–H and O–H groups in total. The fourth-order valence-electron chi connectivity index (χ4n) is 4.19. The second kappa shape index (κ2) is 8.21. The van der Waals surface area contributed by atoms with Gasteiger partial charge in [-0.25, -0.2) is 9.97 Å². The van der Waals surface area contributed by atoms with Gasteiger partial charge in [0.1, 0.15) is 11.2 Å². The number of carbonyl (C=O) groups is 1. The van der Waals surface area contributed by atoms with Crippen LogP contribution in [0.5, 0.6) is 0 Å². The molecule has 6 aromatic rings. The van der Waals surface area contributed by atoms with E-state index in [1.54, 1.807) is 12.4 Å². The molecule has 1 aromatic carbocycles. The van der Waals surface area contributed by atoms with Crippen LogP contribution in [0.4, 0.5) is 5.69 Å². The highest BCUT2D eigenvalue weighted by atomic mass is 16.1. The Kier molecular flexibility index (Phi) is 4.88. The maximum Gasteiger partial charge on any atom is 0.224 e. The molecule has 0 spiro atoms. The number of aryl methyl sites for hydroxylation is 1. The number of fused-ring (bicyclic) bond motifs is 2. The third kappa shape index (κ3) is 3.72. The predicted molar refractivity (Wildman–Crippen MR) is 135 cm³/mol. The number of benzene rings is 1. The highest BCUT2D eigenvalue weighted by Gasteiger charge is 2.16. The first-order valence-corrected chi connectivity index (χ1v) is 11.3. The molecule has 0 bridgehead atoms. The summed E-state index contributed by atoms with van der Waals surface area (Å²) in [5.41, 5.74) is 8.36. The zero-order valence-corrected chi connectivity index (χ0v) is 19.2. The minimum absolute atomic E-state index is 0.0616. The van der Waals surface area contributed by atoms with Crippen LogP contribution in [-0.4, -0.2) is 40.6 Å². The van der Waals surface area contributed by atoms with E-state index in [9.17, 15) is 4.79 Å². The molecule has 0 aliphatic rings. The van der Waals surface area contributed by atoms with Gasteiger partial charge < -0.3 is 14.9 Å². The van der Waals surface area contributed by atoms with Gasteiger partial charge in [0.2, 0.25) is 5.91 Å². The van der Waals surface area contributed by atoms with E-state index < -0.39 is 0 Å². The molecule has 0 saturated carbocycles. The van der Waals surface area contributed by atoms with Crippen molar-refractivity contribution in [1.29, 1.82) is 0 Å². The number of aromatic amines is 2. The van der Waals surface area contributed by atoms with Crippen molar-refractivity contribution >= 4 is 33.5 Å². The quantitative estimate of drug-likeness (QED) is 0.333. The Bertz CT molecular complexity index is 1710. The molecular formula is C26H22N8O. The van der Waals surface area contributed by atoms with E-state index in [2.05, 4.69) is 42.6 Å². The predicted octanol–water partition coefficient (Wildman–Crippen LogP) is 5.01. The van der Waals surface area contributed by atoms with Crippen LogP contribution in [0.25, 0.3) is 50.3 Å². The Hall–Kier alpha value is -4.79. The molecule has 9 nitrogen and oxygen atoms in total. The lowest BCUT2D eigenvalue weighted by molar-refractivity contribution is -0.115. The van der Waals surface area contributed by atoms with E-state index in [0.717, 1.165) is 56.0 Å². The smallest absolute Gasteiger partial charge is 0.224 e. The van der Waals surface area contributed by atoms with E-state index in [-0.39, 0.29) is 5.91 Å². The largest absolute Gasteiger partial charge is 0.353 e. The lowest BCUT2D eigenvalue weighted by atomic mass is 10.1. The van der Waals surface area contributed by atoms with Crippen LogP contribution < -0.4 is 5.32 Å². The van der Waals surface area contributed by atoms with Crippen molar-refractivity contribution < 1.29 is 4.79 Å². The summed E-state index contributed by atoms with van der Waals surface area (Å²) in [5.74, 6) is -0.0616. The monoisotopic (exact) mass is 462 g/mol. The summed E-state index contributed by atoms with van der Waals surface area (Å²) in [5, 5.41) is 11.6. The number of imidazole rings is 1. The zero-order chi connectivity index (χ0) is 23.9. The third-order valence-electron chi connectivity index (χ3n) is 5.93. The van der Waals surface area contributed by atoms with Gasteiger partial charge in [-0.15, -0.1) is 0 Å². The highest BCUT2D eigenvalue weighted by Crippen LogP contribution is 2.32. The Balaban J connectivity index is 1.43. The van der Waals surface area contributed by atoms with Crippen molar-refractivity contribution in [2.45, 2.75) is 20.3 Å². The number of amides is 1. The van der Waals surface area contributed by atoms with Gasteiger partial charge in [-0.05, 0) is 43.3 Å². The number of anilines is 1. The van der Waals surface area contributed by atoms with E-state index >= 15 is 0 Å². The molecule has 6 rings (SSSR count). The van der Waals surface area contributed by atoms with Crippen LogP contribution in [0.15, 0.2) is 67.4 Å². The summed E-state index contributed by atoms with van der Waals surface area (Å²) in [7, 11) is 0. The normalized spacial score (nSPS) is 11.4. The number of hydrogen-bond donors (Lipinski definition) is 3. The minimum Gasteiger partial charge on any atom is -0.353 e. The number of nitrogens with zero attached hydrogens (tertiary/aromatic N) is 5. The van der Waals surface area contributed by atoms with Gasteiger partial charge in [-0.2, -0.15) is 5.10 Å². The van der Waals surface area contributed by atoms with Crippen LogP contribution in [-0.2, 0) is 4.79 Å². The van der Waals surface area contributed by atoms with Gasteiger partial charge in [0.05, 0.1) is 46.5 Å². The first kappa shape index (κ1) is 20.8. The topological polar surface area (TPSA) is 117 Å². The maximum atomic E-state index is 11.8. The van der Waals surface area contributed by atoms with E-state index in [0.29, 0.717) is 12.1 Å². The molecule has 172 valence electrons. The molecule has 1 amide bonds. The number of pyridine rings is 2. The molecule has 0 saturated heterocycles. The van der Waals surface area contributed by atoms with Crippen LogP contribution in [0.3, 0.4) is 0 Å². The second-order valence-electron chi connectivity index (χ2n) is 8.37. The van der Waals surface area contributed by atoms with Crippen molar-refractivity contribution in [2.75, 3.05) is 5.32 Å². The summed E-state index contributed by atoms with van der Waals surface area (Å²) < 4.78 is 2.02. The molecule has 0 unspecified atom stereocenters. The molecule has 0 aliphatic heterocycles. The summed E-state index contributed by atoms with van der Waals surface area (Å²) in [6.45, 7) is 3.78. The van der Waals surface area contributed by atoms with E-state index in [4.69, 9.17) is 4.98 Å². The van der Waals surface area contributed by atoms with Crippen molar-refractivity contribution in [3.8, 4) is 28.3 Å². The first-order chi connectivity index (χ1) is 17.1. The Morgan fingerprint density at radius 2 is 2.03 bits per heavy atom. The average Bonchev–Trinajstić information content (AvgIpc) is 3.61. The lowest BCUT2D eigenvalue weighted by Gasteiger charge is -2.06. The molecule has 0 atom stereocenters. The van der Waals surface area contributed by atoms with Crippen LogP contribution in [0.1, 0.15) is 19.0 Å². The fourth-order valence-corrected chi connectivity index (χ4v) is 4.19. The molecule has 5 heterocycles. The standard InChI is InChI=1S/C26H22N8O/c1-3-24(35)29-17-9-16(11-27-12-17)19-7-8-21-25(31-19)26(33-32-21)22-10-18-20(30-22)5-4-6-23(18)34-13-15(2)28-14-34/h4-14,30H,3H2,1-2H3,(H,29,35)(H,32,33). The lowest BCUT2D eigenvalue weighted by Crippen LogP contribution is -2.09. The van der Waals surface area contributed by atoms with Gasteiger partial charge >= 0.3 is 0 Å². The first-order valence-electron chi connectivity index (χ1n) is 11.3. The van der Waals surface area contributed by atoms with Crippen molar-refractivity contribution in [3.05, 3.63) is 73.1 Å². The molecular weight excluding hydrogens is 440 g/mol. The Labute approximate surface area is 200 Å². The second-order valence-corrected chi connectivity index (χ2v) is 8.37. The van der Waals surface area contributed by atoms with Gasteiger partial charge in [0, 0.05) is 35.3 Å². The summed E-state index contributed by atoms with van der Waals surface area (Å²) in [6.07, 6.45) is 7.59. The number of aromatic nitrogens is 7. The van der Waals surface area contributed by atoms with Crippen LogP contribution in [0.2, 0.25) is 0 Å². The molecule has 35 heavy (non-hydrogen) atoms. The Morgan fingerprint density at radius 1 is 1.11 bits per heavy atom. The number of nitrogens with one attached hydrogen (secondary N) is 3. The van der Waals surface area contributed by atoms with Crippen LogP contribution >= 0.6 is 0 Å². The van der Waals surface area contributed by atoms with Crippen molar-refractivity contribution in [1.82, 2.24) is 34.7 Å². The highest BCUT2D eigenvalue weighted by molar-refractivity contribution is 5.97. The van der Waals surface area contributed by atoms with Gasteiger partial charge in [0.25, 0.3) is 0 Å². The third-order valence-corrected chi connectivity index (χ3v) is 5.93. The summed E-state index contributed by atoms with van der Waals surface area (Å²) in [6, 6.07) is 14.0. The molecule has 0 fully saturated rings. The van der Waals surface area contributed by atoms with E-state index in [1.165, 1.54) is 0 Å². The molecule has 5 aromatic heterocycles. The Morgan fingerprint density at radius 3 is 2.86 bits per heavy atom. The average molecular weight is 463 g/mol. The maximum absolute atomic E-state index is 11.8. The molecule has 9 heteroatoms. The zero-order valence-electron chi connectivity index (χ0n) is 19.2. The van der Waals surface area contributed by atoms with Gasteiger partial charge in [-0.3, -0.25) is 14.9 Å². The van der Waals surface area contributed by atoms with Crippen molar-refractivity contribution in [3.63, 3.8) is 0 Å². The van der Waals surface area contributed by atoms with Crippen molar-refractivity contribution in [2.24, 2.45) is 0 Å². The van der Waals surface area contributed by atoms with Crippen LogP contribution in [0, 0.1) is 6.92 Å². The summed E-state index contributed by atoms with van der Waals surface area (Å²) in [4.78, 5) is 28.8. The molecule has 0 radical (unpaired) electrons. The van der Waals surface area contributed by atoms with Gasteiger partial charge in [0.15, 0.2) is 0 Å². The number of rotatable bonds is 5. The SMILES string of the molecule is CCC(=O)Nc1cncc(-c2ccc3[nH]nc(-c4cc5c(-n6cnc(C)c6)cccc5[nH]4)c3n2)c1.